The predicted molar refractivity (Wildman–Crippen MR) is 57.5 cm³/mol. The molecule has 13 heavy (non-hydrogen) atoms. The summed E-state index contributed by atoms with van der Waals surface area (Å²) >= 11 is 0. The lowest BCUT2D eigenvalue weighted by Crippen LogP contribution is -2.15. The van der Waals surface area contributed by atoms with Gasteiger partial charge in [0, 0.05) is 0 Å². The van der Waals surface area contributed by atoms with Gasteiger partial charge in [-0.25, -0.2) is 0 Å². The fourth-order valence-electron chi connectivity index (χ4n) is 2.48. The maximum Gasteiger partial charge on any atom is -0.0135 e. The van der Waals surface area contributed by atoms with Crippen molar-refractivity contribution in [2.24, 2.45) is 17.3 Å². The van der Waals surface area contributed by atoms with Crippen LogP contribution in [0.5, 0.6) is 0 Å². The van der Waals surface area contributed by atoms with Gasteiger partial charge in [-0.3, -0.25) is 0 Å². The smallest absolute Gasteiger partial charge is 0.0135 e. The molecule has 0 nitrogen and oxygen atoms in total. The first-order valence-electron chi connectivity index (χ1n) is 5.48. The predicted octanol–water partition coefficient (Wildman–Crippen LogP) is 3.95. The molecule has 0 aromatic heterocycles. The van der Waals surface area contributed by atoms with Crippen LogP contribution in [0.2, 0.25) is 0 Å². The van der Waals surface area contributed by atoms with Crippen molar-refractivity contribution in [3.8, 4) is 0 Å². The zero-order valence-corrected chi connectivity index (χ0v) is 9.01. The van der Waals surface area contributed by atoms with Gasteiger partial charge in [0.25, 0.3) is 0 Å². The molecule has 0 spiro atoms. The van der Waals surface area contributed by atoms with Crippen LogP contribution >= 0.6 is 0 Å². The Morgan fingerprint density at radius 1 is 1.15 bits per heavy atom. The summed E-state index contributed by atoms with van der Waals surface area (Å²) in [5.74, 6) is 1.73. The maximum atomic E-state index is 2.53. The van der Waals surface area contributed by atoms with Gasteiger partial charge in [0.1, 0.15) is 0 Å². The van der Waals surface area contributed by atoms with E-state index in [1.807, 2.05) is 0 Å². The first kappa shape index (κ1) is 9.05. The average molecular weight is 176 g/mol. The van der Waals surface area contributed by atoms with Crippen molar-refractivity contribution in [1.82, 2.24) is 0 Å². The van der Waals surface area contributed by atoms with Crippen LogP contribution in [0.3, 0.4) is 0 Å². The Morgan fingerprint density at radius 3 is 2.54 bits per heavy atom. The summed E-state index contributed by atoms with van der Waals surface area (Å²) < 4.78 is 0. The van der Waals surface area contributed by atoms with E-state index in [9.17, 15) is 0 Å². The van der Waals surface area contributed by atoms with Crippen LogP contribution in [0.25, 0.3) is 0 Å². The number of allylic oxidation sites excluding steroid dienone is 4. The quantitative estimate of drug-likeness (QED) is 0.524. The lowest BCUT2D eigenvalue weighted by Gasteiger charge is -2.27. The Bertz CT molecular complexity index is 250. The van der Waals surface area contributed by atoms with E-state index >= 15 is 0 Å². The zero-order chi connectivity index (χ0) is 9.47. The van der Waals surface area contributed by atoms with Gasteiger partial charge >= 0.3 is 0 Å². The second-order valence-corrected chi connectivity index (χ2v) is 5.49. The van der Waals surface area contributed by atoms with E-state index < -0.39 is 0 Å². The standard InChI is InChI=1S/C13H20/c1-13(2,3)12-8-7-10-5-4-6-11(10)9-12/h7-11H,4-6H2,1-3H3. The Labute approximate surface area is 81.7 Å². The van der Waals surface area contributed by atoms with E-state index in [4.69, 9.17) is 0 Å². The molecule has 0 radical (unpaired) electrons. The van der Waals surface area contributed by atoms with Crippen LogP contribution in [-0.4, -0.2) is 0 Å². The second-order valence-electron chi connectivity index (χ2n) is 5.49. The Hall–Kier alpha value is -0.520. The largest absolute Gasteiger partial charge is 0.0805 e. The molecule has 0 heteroatoms. The van der Waals surface area contributed by atoms with E-state index in [0.717, 1.165) is 11.8 Å². The van der Waals surface area contributed by atoms with Crippen molar-refractivity contribution >= 4 is 0 Å². The number of hydrogen-bond donors (Lipinski definition) is 0. The van der Waals surface area contributed by atoms with E-state index in [1.54, 1.807) is 0 Å². The molecule has 2 aliphatic carbocycles. The second kappa shape index (κ2) is 3.01. The molecular formula is C13H20. The highest BCUT2D eigenvalue weighted by Crippen LogP contribution is 2.40. The molecular weight excluding hydrogens is 156 g/mol. The van der Waals surface area contributed by atoms with Gasteiger partial charge in [0.15, 0.2) is 0 Å². The van der Waals surface area contributed by atoms with Gasteiger partial charge < -0.3 is 0 Å². The third-order valence-corrected chi connectivity index (χ3v) is 3.41. The van der Waals surface area contributed by atoms with Crippen LogP contribution in [-0.2, 0) is 0 Å². The number of rotatable bonds is 0. The van der Waals surface area contributed by atoms with Crippen LogP contribution in [0.1, 0.15) is 40.0 Å². The topological polar surface area (TPSA) is 0 Å². The van der Waals surface area contributed by atoms with E-state index in [1.165, 1.54) is 24.8 Å². The molecule has 72 valence electrons. The minimum Gasteiger partial charge on any atom is -0.0805 e. The lowest BCUT2D eigenvalue weighted by molar-refractivity contribution is 0.479. The fourth-order valence-corrected chi connectivity index (χ4v) is 2.48. The minimum atomic E-state index is 0.337. The molecule has 2 rings (SSSR count). The Balaban J connectivity index is 2.20. The summed E-state index contributed by atoms with van der Waals surface area (Å²) in [5, 5.41) is 0. The summed E-state index contributed by atoms with van der Waals surface area (Å²) in [7, 11) is 0. The van der Waals surface area contributed by atoms with Gasteiger partial charge in [0.05, 0.1) is 0 Å². The highest BCUT2D eigenvalue weighted by atomic mass is 14.3. The van der Waals surface area contributed by atoms with Gasteiger partial charge in [-0.2, -0.15) is 0 Å². The van der Waals surface area contributed by atoms with E-state index in [0.29, 0.717) is 5.41 Å². The van der Waals surface area contributed by atoms with Gasteiger partial charge in [-0.05, 0) is 35.7 Å². The van der Waals surface area contributed by atoms with Crippen LogP contribution < -0.4 is 0 Å². The first-order valence-corrected chi connectivity index (χ1v) is 5.48. The van der Waals surface area contributed by atoms with Crippen molar-refractivity contribution in [2.75, 3.05) is 0 Å². The average Bonchev–Trinajstić information content (AvgIpc) is 2.47. The summed E-state index contributed by atoms with van der Waals surface area (Å²) in [5.41, 5.74) is 1.88. The highest BCUT2D eigenvalue weighted by Gasteiger charge is 2.28. The van der Waals surface area contributed by atoms with Crippen molar-refractivity contribution in [3.05, 3.63) is 23.8 Å². The molecule has 1 saturated carbocycles. The first-order chi connectivity index (χ1) is 6.07. The monoisotopic (exact) mass is 176 g/mol. The summed E-state index contributed by atoms with van der Waals surface area (Å²) in [6.45, 7) is 6.91. The SMILES string of the molecule is CC(C)(C)C1=CC2CCCC2C=C1. The molecule has 0 aromatic carbocycles. The molecule has 0 aliphatic heterocycles. The van der Waals surface area contributed by atoms with Crippen molar-refractivity contribution < 1.29 is 0 Å². The third-order valence-electron chi connectivity index (χ3n) is 3.41. The van der Waals surface area contributed by atoms with Crippen molar-refractivity contribution in [2.45, 2.75) is 40.0 Å². The molecule has 0 aromatic rings. The molecule has 0 heterocycles. The number of fused-ring (bicyclic) bond motifs is 1. The Kier molecular flexibility index (Phi) is 2.09. The van der Waals surface area contributed by atoms with Gasteiger partial charge in [-0.15, -0.1) is 0 Å². The summed E-state index contributed by atoms with van der Waals surface area (Å²) in [4.78, 5) is 0. The molecule has 2 unspecified atom stereocenters. The number of hydrogen-bond acceptors (Lipinski definition) is 0. The third kappa shape index (κ3) is 1.72. The van der Waals surface area contributed by atoms with Gasteiger partial charge in [-0.1, -0.05) is 45.4 Å². The highest BCUT2D eigenvalue weighted by molar-refractivity contribution is 5.30. The summed E-state index contributed by atoms with van der Waals surface area (Å²) in [6.07, 6.45) is 11.6. The molecule has 0 N–H and O–H groups in total. The van der Waals surface area contributed by atoms with Crippen LogP contribution in [0, 0.1) is 17.3 Å². The Morgan fingerprint density at radius 2 is 1.85 bits per heavy atom. The molecule has 2 aliphatic rings. The maximum absolute atomic E-state index is 2.53. The van der Waals surface area contributed by atoms with E-state index in [2.05, 4.69) is 39.0 Å². The zero-order valence-electron chi connectivity index (χ0n) is 9.01. The van der Waals surface area contributed by atoms with Crippen LogP contribution in [0.15, 0.2) is 23.8 Å². The molecule has 0 bridgehead atoms. The molecule has 0 saturated heterocycles. The summed E-state index contributed by atoms with van der Waals surface area (Å²) in [6, 6.07) is 0. The normalized spacial score (nSPS) is 33.0. The molecule has 2 atom stereocenters. The van der Waals surface area contributed by atoms with E-state index in [-0.39, 0.29) is 0 Å². The van der Waals surface area contributed by atoms with Crippen LogP contribution in [0.4, 0.5) is 0 Å². The van der Waals surface area contributed by atoms with Crippen molar-refractivity contribution in [3.63, 3.8) is 0 Å². The lowest BCUT2D eigenvalue weighted by atomic mass is 9.78. The van der Waals surface area contributed by atoms with Crippen molar-refractivity contribution in [1.29, 1.82) is 0 Å². The molecule has 0 amide bonds. The van der Waals surface area contributed by atoms with Gasteiger partial charge in [0.2, 0.25) is 0 Å². The fraction of sp³-hybridized carbons (Fsp3) is 0.692. The minimum absolute atomic E-state index is 0.337. The molecule has 1 fully saturated rings.